The van der Waals surface area contributed by atoms with E-state index in [4.69, 9.17) is 11.6 Å². The number of likely N-dealkylation sites (tertiary alicyclic amines) is 1. The first-order valence-corrected chi connectivity index (χ1v) is 10.4. The molecule has 1 aliphatic heterocycles. The number of hydrogen-bond acceptors (Lipinski definition) is 2. The lowest BCUT2D eigenvalue weighted by molar-refractivity contribution is -0.137. The molecule has 5 heteroatoms. The minimum Gasteiger partial charge on any atom is -0.350 e. The van der Waals surface area contributed by atoms with E-state index in [0.717, 1.165) is 49.9 Å². The van der Waals surface area contributed by atoms with Crippen molar-refractivity contribution in [1.29, 1.82) is 0 Å². The molecule has 1 aliphatic carbocycles. The SMILES string of the molecule is Cc1ccc(/C=C/C(=O)NC2CCN(C(=O)C3CCCCC3)CC2)cc1Cl. The topological polar surface area (TPSA) is 49.4 Å². The van der Waals surface area contributed by atoms with Crippen molar-refractivity contribution in [3.63, 3.8) is 0 Å². The largest absolute Gasteiger partial charge is 0.350 e. The number of rotatable bonds is 4. The van der Waals surface area contributed by atoms with Crippen LogP contribution in [0.1, 0.15) is 56.1 Å². The van der Waals surface area contributed by atoms with Crippen LogP contribution in [0, 0.1) is 12.8 Å². The third-order valence-electron chi connectivity index (χ3n) is 5.73. The average molecular weight is 389 g/mol. The van der Waals surface area contributed by atoms with Crippen LogP contribution in [-0.4, -0.2) is 35.8 Å². The van der Waals surface area contributed by atoms with Crippen LogP contribution in [0.2, 0.25) is 5.02 Å². The lowest BCUT2D eigenvalue weighted by atomic mass is 9.87. The zero-order valence-electron chi connectivity index (χ0n) is 16.0. The summed E-state index contributed by atoms with van der Waals surface area (Å²) in [5, 5.41) is 3.76. The maximum absolute atomic E-state index is 12.6. The molecule has 0 bridgehead atoms. The molecule has 2 amide bonds. The molecule has 0 spiro atoms. The van der Waals surface area contributed by atoms with Gasteiger partial charge in [-0.25, -0.2) is 0 Å². The molecular formula is C22H29ClN2O2. The number of halogens is 1. The number of nitrogens with one attached hydrogen (secondary N) is 1. The Kier molecular flexibility index (Phi) is 6.95. The van der Waals surface area contributed by atoms with Crippen molar-refractivity contribution in [3.05, 3.63) is 40.4 Å². The number of piperidine rings is 1. The Morgan fingerprint density at radius 3 is 2.48 bits per heavy atom. The van der Waals surface area contributed by atoms with Gasteiger partial charge in [-0.05, 0) is 55.9 Å². The van der Waals surface area contributed by atoms with Crippen molar-refractivity contribution in [2.24, 2.45) is 5.92 Å². The predicted octanol–water partition coefficient (Wildman–Crippen LogP) is 4.35. The fraction of sp³-hybridized carbons (Fsp3) is 0.545. The first-order chi connectivity index (χ1) is 13.0. The van der Waals surface area contributed by atoms with Crippen LogP contribution in [0.25, 0.3) is 6.08 Å². The van der Waals surface area contributed by atoms with Crippen LogP contribution in [0.3, 0.4) is 0 Å². The number of nitrogens with zero attached hydrogens (tertiary/aromatic N) is 1. The second-order valence-electron chi connectivity index (χ2n) is 7.79. The summed E-state index contributed by atoms with van der Waals surface area (Å²) in [6.07, 6.45) is 10.7. The Hall–Kier alpha value is -1.81. The molecule has 1 heterocycles. The van der Waals surface area contributed by atoms with Crippen LogP contribution < -0.4 is 5.32 Å². The molecule has 3 rings (SSSR count). The molecule has 2 fully saturated rings. The molecular weight excluding hydrogens is 360 g/mol. The van der Waals surface area contributed by atoms with Crippen LogP contribution in [0.5, 0.6) is 0 Å². The Bertz CT molecular complexity index is 702. The summed E-state index contributed by atoms with van der Waals surface area (Å²) in [6, 6.07) is 5.88. The number of carbonyl (C=O) groups is 2. The predicted molar refractivity (Wildman–Crippen MR) is 110 cm³/mol. The second kappa shape index (κ2) is 9.41. The van der Waals surface area contributed by atoms with Gasteiger partial charge < -0.3 is 10.2 Å². The Morgan fingerprint density at radius 1 is 1.11 bits per heavy atom. The average Bonchev–Trinajstić information content (AvgIpc) is 2.69. The van der Waals surface area contributed by atoms with Crippen molar-refractivity contribution in [3.8, 4) is 0 Å². The van der Waals surface area contributed by atoms with Crippen molar-refractivity contribution in [2.75, 3.05) is 13.1 Å². The van der Waals surface area contributed by atoms with Crippen molar-refractivity contribution < 1.29 is 9.59 Å². The summed E-state index contributed by atoms with van der Waals surface area (Å²) < 4.78 is 0. The molecule has 0 radical (unpaired) electrons. The monoisotopic (exact) mass is 388 g/mol. The standard InChI is InChI=1S/C22H29ClN2O2/c1-16-7-8-17(15-20(16)23)9-10-21(26)24-19-11-13-25(14-12-19)22(27)18-5-3-2-4-6-18/h7-10,15,18-19H,2-6,11-14H2,1H3,(H,24,26)/b10-9+. The fourth-order valence-electron chi connectivity index (χ4n) is 3.99. The van der Waals surface area contributed by atoms with Gasteiger partial charge in [0, 0.05) is 36.1 Å². The van der Waals surface area contributed by atoms with Gasteiger partial charge in [-0.1, -0.05) is 43.0 Å². The van der Waals surface area contributed by atoms with Gasteiger partial charge in [-0.3, -0.25) is 9.59 Å². The van der Waals surface area contributed by atoms with Crippen molar-refractivity contribution in [1.82, 2.24) is 10.2 Å². The highest BCUT2D eigenvalue weighted by Gasteiger charge is 2.29. The molecule has 0 atom stereocenters. The maximum Gasteiger partial charge on any atom is 0.244 e. The molecule has 2 aliphatic rings. The Balaban J connectivity index is 1.44. The third-order valence-corrected chi connectivity index (χ3v) is 6.14. The van der Waals surface area contributed by atoms with Gasteiger partial charge in [0.15, 0.2) is 0 Å². The molecule has 146 valence electrons. The number of amides is 2. The first kappa shape index (κ1) is 19.9. The van der Waals surface area contributed by atoms with Crippen molar-refractivity contribution in [2.45, 2.75) is 57.9 Å². The zero-order valence-corrected chi connectivity index (χ0v) is 16.8. The number of aryl methyl sites for hydroxylation is 1. The lowest BCUT2D eigenvalue weighted by Crippen LogP contribution is -2.48. The van der Waals surface area contributed by atoms with Gasteiger partial charge in [-0.2, -0.15) is 0 Å². The molecule has 1 N–H and O–H groups in total. The highest BCUT2D eigenvalue weighted by Crippen LogP contribution is 2.26. The quantitative estimate of drug-likeness (QED) is 0.779. The summed E-state index contributed by atoms with van der Waals surface area (Å²) in [5.74, 6) is 0.466. The molecule has 1 aromatic rings. The first-order valence-electron chi connectivity index (χ1n) is 10.1. The van der Waals surface area contributed by atoms with Crippen LogP contribution in [0.4, 0.5) is 0 Å². The highest BCUT2D eigenvalue weighted by atomic mass is 35.5. The van der Waals surface area contributed by atoms with E-state index in [1.54, 1.807) is 12.2 Å². The van der Waals surface area contributed by atoms with E-state index in [2.05, 4.69) is 5.32 Å². The van der Waals surface area contributed by atoms with Gasteiger partial charge in [0.25, 0.3) is 0 Å². The van der Waals surface area contributed by atoms with Crippen LogP contribution in [0.15, 0.2) is 24.3 Å². The van der Waals surface area contributed by atoms with E-state index in [9.17, 15) is 9.59 Å². The highest BCUT2D eigenvalue weighted by molar-refractivity contribution is 6.31. The van der Waals surface area contributed by atoms with E-state index in [0.29, 0.717) is 10.9 Å². The normalized spacial score (nSPS) is 19.4. The maximum atomic E-state index is 12.6. The van der Waals surface area contributed by atoms with E-state index in [-0.39, 0.29) is 17.9 Å². The molecule has 4 nitrogen and oxygen atoms in total. The summed E-state index contributed by atoms with van der Waals surface area (Å²) >= 11 is 6.11. The van der Waals surface area contributed by atoms with Gasteiger partial charge in [0.05, 0.1) is 0 Å². The lowest BCUT2D eigenvalue weighted by Gasteiger charge is -2.35. The fourth-order valence-corrected chi connectivity index (χ4v) is 4.17. The van der Waals surface area contributed by atoms with Gasteiger partial charge in [-0.15, -0.1) is 0 Å². The van der Waals surface area contributed by atoms with Crippen molar-refractivity contribution >= 4 is 29.5 Å². The van der Waals surface area contributed by atoms with E-state index >= 15 is 0 Å². The number of hydrogen-bond donors (Lipinski definition) is 1. The van der Waals surface area contributed by atoms with E-state index < -0.39 is 0 Å². The molecule has 1 saturated heterocycles. The smallest absolute Gasteiger partial charge is 0.244 e. The van der Waals surface area contributed by atoms with Crippen LogP contribution >= 0.6 is 11.6 Å². The minimum absolute atomic E-state index is 0.0937. The molecule has 0 unspecified atom stereocenters. The second-order valence-corrected chi connectivity index (χ2v) is 8.19. The van der Waals surface area contributed by atoms with Gasteiger partial charge >= 0.3 is 0 Å². The Labute approximate surface area is 167 Å². The van der Waals surface area contributed by atoms with Gasteiger partial charge in [0.2, 0.25) is 11.8 Å². The molecule has 27 heavy (non-hydrogen) atoms. The number of carbonyl (C=O) groups excluding carboxylic acids is 2. The Morgan fingerprint density at radius 2 is 1.81 bits per heavy atom. The molecule has 0 aromatic heterocycles. The molecule has 1 aromatic carbocycles. The van der Waals surface area contributed by atoms with E-state index in [1.807, 2.05) is 30.0 Å². The third kappa shape index (κ3) is 5.58. The summed E-state index contributed by atoms with van der Waals surface area (Å²) in [6.45, 7) is 3.45. The van der Waals surface area contributed by atoms with Crippen LogP contribution in [-0.2, 0) is 9.59 Å². The molecule has 1 saturated carbocycles. The zero-order chi connectivity index (χ0) is 19.2. The number of benzene rings is 1. The summed E-state index contributed by atoms with van der Waals surface area (Å²) in [4.78, 5) is 26.8. The summed E-state index contributed by atoms with van der Waals surface area (Å²) in [5.41, 5.74) is 1.93. The summed E-state index contributed by atoms with van der Waals surface area (Å²) in [7, 11) is 0. The minimum atomic E-state index is -0.0937. The van der Waals surface area contributed by atoms with E-state index in [1.165, 1.54) is 19.3 Å². The van der Waals surface area contributed by atoms with Gasteiger partial charge in [0.1, 0.15) is 0 Å².